The lowest BCUT2D eigenvalue weighted by molar-refractivity contribution is 0.145. The minimum Gasteiger partial charge on any atom is -0.368 e. The van der Waals surface area contributed by atoms with Crippen LogP contribution in [0, 0.1) is 0 Å². The van der Waals surface area contributed by atoms with Crippen molar-refractivity contribution >= 4 is 11.8 Å². The van der Waals surface area contributed by atoms with Crippen molar-refractivity contribution in [1.29, 1.82) is 0 Å². The summed E-state index contributed by atoms with van der Waals surface area (Å²) in [6.07, 6.45) is 14.2. The highest BCUT2D eigenvalue weighted by Gasteiger charge is 2.42. The van der Waals surface area contributed by atoms with E-state index in [0.29, 0.717) is 17.4 Å². The molecule has 1 aromatic rings. The van der Waals surface area contributed by atoms with Crippen LogP contribution in [0.15, 0.2) is 0 Å². The Balaban J connectivity index is 1.35. The minimum absolute atomic E-state index is 0.304. The summed E-state index contributed by atoms with van der Waals surface area (Å²) in [6, 6.07) is 1.35. The van der Waals surface area contributed by atoms with Gasteiger partial charge in [-0.05, 0) is 70.9 Å². The lowest BCUT2D eigenvalue weighted by Crippen LogP contribution is -2.49. The maximum atomic E-state index is 6.13. The molecule has 3 N–H and O–H groups in total. The van der Waals surface area contributed by atoms with Gasteiger partial charge in [0, 0.05) is 23.1 Å². The number of anilines is 2. The molecule has 1 aromatic heterocycles. The first-order chi connectivity index (χ1) is 12.2. The molecular formula is C20H31N5. The van der Waals surface area contributed by atoms with Crippen molar-refractivity contribution in [1.82, 2.24) is 14.9 Å². The Bertz CT molecular complexity index is 640. The smallest absolute Gasteiger partial charge is 0.222 e. The molecule has 1 saturated heterocycles. The SMILES string of the molecule is Nc1nc(N[C@H]2C[C@H](N3CCCC3)C2)c2c(n1)C1(CCCC1)CCC2. The molecule has 3 aliphatic carbocycles. The summed E-state index contributed by atoms with van der Waals surface area (Å²) in [5.74, 6) is 1.52. The lowest BCUT2D eigenvalue weighted by atomic mass is 9.71. The number of nitrogens with two attached hydrogens (primary N) is 1. The van der Waals surface area contributed by atoms with Gasteiger partial charge in [-0.3, -0.25) is 0 Å². The molecular weight excluding hydrogens is 310 g/mol. The fourth-order valence-corrected chi connectivity index (χ4v) is 5.86. The number of likely N-dealkylation sites (tertiary alicyclic amines) is 1. The summed E-state index contributed by atoms with van der Waals surface area (Å²) < 4.78 is 0. The Morgan fingerprint density at radius 3 is 2.44 bits per heavy atom. The molecule has 0 aromatic carbocycles. The van der Waals surface area contributed by atoms with Crippen LogP contribution in [0.4, 0.5) is 11.8 Å². The monoisotopic (exact) mass is 341 g/mol. The van der Waals surface area contributed by atoms with E-state index >= 15 is 0 Å². The molecule has 3 fully saturated rings. The van der Waals surface area contributed by atoms with E-state index in [1.165, 1.54) is 88.6 Å². The molecule has 1 aliphatic heterocycles. The molecule has 0 bridgehead atoms. The van der Waals surface area contributed by atoms with E-state index in [1.54, 1.807) is 0 Å². The molecule has 2 saturated carbocycles. The quantitative estimate of drug-likeness (QED) is 0.883. The maximum absolute atomic E-state index is 6.13. The van der Waals surface area contributed by atoms with E-state index in [0.717, 1.165) is 18.3 Å². The van der Waals surface area contributed by atoms with Crippen LogP contribution in [0.2, 0.25) is 0 Å². The summed E-state index contributed by atoms with van der Waals surface area (Å²) in [5.41, 5.74) is 9.10. The molecule has 5 rings (SSSR count). The van der Waals surface area contributed by atoms with Crippen molar-refractivity contribution in [3.8, 4) is 0 Å². The molecule has 25 heavy (non-hydrogen) atoms. The first-order valence-corrected chi connectivity index (χ1v) is 10.4. The molecule has 0 amide bonds. The van der Waals surface area contributed by atoms with E-state index in [1.807, 2.05) is 0 Å². The first-order valence-electron chi connectivity index (χ1n) is 10.4. The van der Waals surface area contributed by atoms with E-state index in [4.69, 9.17) is 10.7 Å². The predicted octanol–water partition coefficient (Wildman–Crippen LogP) is 3.25. The van der Waals surface area contributed by atoms with Crippen LogP contribution in [0.25, 0.3) is 0 Å². The molecule has 4 aliphatic rings. The van der Waals surface area contributed by atoms with Crippen LogP contribution >= 0.6 is 0 Å². The Kier molecular flexibility index (Phi) is 3.88. The van der Waals surface area contributed by atoms with Crippen LogP contribution in [0.3, 0.4) is 0 Å². The van der Waals surface area contributed by atoms with E-state index in [-0.39, 0.29) is 0 Å². The van der Waals surface area contributed by atoms with Gasteiger partial charge in [-0.1, -0.05) is 12.8 Å². The number of aromatic nitrogens is 2. The van der Waals surface area contributed by atoms with Gasteiger partial charge in [0.2, 0.25) is 5.95 Å². The highest BCUT2D eigenvalue weighted by Crippen LogP contribution is 2.49. The van der Waals surface area contributed by atoms with Crippen molar-refractivity contribution in [3.05, 3.63) is 11.3 Å². The molecule has 1 spiro atoms. The number of nitrogen functional groups attached to an aromatic ring is 1. The van der Waals surface area contributed by atoms with Gasteiger partial charge in [-0.2, -0.15) is 4.98 Å². The van der Waals surface area contributed by atoms with Crippen molar-refractivity contribution in [2.45, 2.75) is 88.1 Å². The summed E-state index contributed by atoms with van der Waals surface area (Å²) in [4.78, 5) is 12.1. The third-order valence-corrected chi connectivity index (χ3v) is 7.28. The van der Waals surface area contributed by atoms with E-state index < -0.39 is 0 Å². The zero-order valence-corrected chi connectivity index (χ0v) is 15.3. The number of hydrogen-bond donors (Lipinski definition) is 2. The zero-order chi connectivity index (χ0) is 16.9. The Morgan fingerprint density at radius 1 is 0.960 bits per heavy atom. The van der Waals surface area contributed by atoms with E-state index in [9.17, 15) is 0 Å². The highest BCUT2D eigenvalue weighted by atomic mass is 15.2. The second-order valence-electron chi connectivity index (χ2n) is 8.81. The Hall–Kier alpha value is -1.36. The normalized spacial score (nSPS) is 31.0. The van der Waals surface area contributed by atoms with Gasteiger partial charge in [-0.25, -0.2) is 4.98 Å². The molecule has 5 nitrogen and oxygen atoms in total. The second-order valence-corrected chi connectivity index (χ2v) is 8.81. The van der Waals surface area contributed by atoms with Crippen LogP contribution < -0.4 is 11.1 Å². The van der Waals surface area contributed by atoms with Gasteiger partial charge in [0.25, 0.3) is 0 Å². The lowest BCUT2D eigenvalue weighted by Gasteiger charge is -2.42. The topological polar surface area (TPSA) is 67.1 Å². The standard InChI is InChI=1S/C20H31N5/c21-19-23-17-16(6-5-9-20(17)7-1-2-8-20)18(24-19)22-14-12-15(13-14)25-10-3-4-11-25/h14-15H,1-13H2,(H3,21,22,23,24)/t14-,15-. The molecule has 0 unspecified atom stereocenters. The molecule has 0 atom stereocenters. The number of nitrogens with one attached hydrogen (secondary N) is 1. The van der Waals surface area contributed by atoms with Gasteiger partial charge in [0.1, 0.15) is 5.82 Å². The number of nitrogens with zero attached hydrogens (tertiary/aromatic N) is 3. The maximum Gasteiger partial charge on any atom is 0.222 e. The van der Waals surface area contributed by atoms with Gasteiger partial charge in [-0.15, -0.1) is 0 Å². The highest BCUT2D eigenvalue weighted by molar-refractivity contribution is 5.54. The predicted molar refractivity (Wildman–Crippen MR) is 101 cm³/mol. The third-order valence-electron chi connectivity index (χ3n) is 7.28. The van der Waals surface area contributed by atoms with Crippen LogP contribution in [-0.4, -0.2) is 40.0 Å². The number of hydrogen-bond acceptors (Lipinski definition) is 5. The molecule has 0 radical (unpaired) electrons. The van der Waals surface area contributed by atoms with E-state index in [2.05, 4.69) is 15.2 Å². The van der Waals surface area contributed by atoms with Crippen LogP contribution in [-0.2, 0) is 11.8 Å². The fraction of sp³-hybridized carbons (Fsp3) is 0.800. The molecule has 5 heteroatoms. The summed E-state index contributed by atoms with van der Waals surface area (Å²) in [6.45, 7) is 2.60. The van der Waals surface area contributed by atoms with Crippen molar-refractivity contribution < 1.29 is 0 Å². The largest absolute Gasteiger partial charge is 0.368 e. The fourth-order valence-electron chi connectivity index (χ4n) is 5.86. The summed E-state index contributed by atoms with van der Waals surface area (Å²) in [5, 5.41) is 3.75. The summed E-state index contributed by atoms with van der Waals surface area (Å²) >= 11 is 0. The first kappa shape index (κ1) is 15.9. The van der Waals surface area contributed by atoms with Gasteiger partial charge < -0.3 is 16.0 Å². The van der Waals surface area contributed by atoms with Gasteiger partial charge in [0.05, 0.1) is 5.69 Å². The molecule has 2 heterocycles. The Morgan fingerprint density at radius 2 is 1.68 bits per heavy atom. The van der Waals surface area contributed by atoms with Crippen LogP contribution in [0.1, 0.15) is 75.5 Å². The third kappa shape index (κ3) is 2.71. The number of fused-ring (bicyclic) bond motifs is 2. The van der Waals surface area contributed by atoms with Gasteiger partial charge in [0.15, 0.2) is 0 Å². The van der Waals surface area contributed by atoms with Crippen molar-refractivity contribution in [2.75, 3.05) is 24.1 Å². The minimum atomic E-state index is 0.304. The zero-order valence-electron chi connectivity index (χ0n) is 15.3. The van der Waals surface area contributed by atoms with Crippen LogP contribution in [0.5, 0.6) is 0 Å². The number of rotatable bonds is 3. The van der Waals surface area contributed by atoms with Gasteiger partial charge >= 0.3 is 0 Å². The molecule has 136 valence electrons. The Labute approximate surface area is 150 Å². The average molecular weight is 342 g/mol. The van der Waals surface area contributed by atoms with Crippen molar-refractivity contribution in [3.63, 3.8) is 0 Å². The second kappa shape index (κ2) is 6.11. The summed E-state index contributed by atoms with van der Waals surface area (Å²) in [7, 11) is 0. The van der Waals surface area contributed by atoms with Crippen molar-refractivity contribution in [2.24, 2.45) is 0 Å². The average Bonchev–Trinajstić information content (AvgIpc) is 3.24.